The fourth-order valence-electron chi connectivity index (χ4n) is 5.18. The van der Waals surface area contributed by atoms with Crippen molar-refractivity contribution in [2.45, 2.75) is 76.4 Å². The molecule has 1 atom stereocenters. The number of benzene rings is 3. The van der Waals surface area contributed by atoms with Crippen LogP contribution < -0.4 is 14.4 Å². The summed E-state index contributed by atoms with van der Waals surface area (Å²) in [6, 6.07) is 17.7. The summed E-state index contributed by atoms with van der Waals surface area (Å²) in [6.07, 6.45) is 4.96. The lowest BCUT2D eigenvalue weighted by atomic mass is 9.95. The first-order valence-electron chi connectivity index (χ1n) is 14.7. The third kappa shape index (κ3) is 8.34. The Balaban J connectivity index is 1.67. The van der Waals surface area contributed by atoms with Crippen LogP contribution in [-0.2, 0) is 26.2 Å². The first-order chi connectivity index (χ1) is 20.6. The Labute approximate surface area is 253 Å². The van der Waals surface area contributed by atoms with Gasteiger partial charge in [-0.25, -0.2) is 12.8 Å². The minimum atomic E-state index is -4.18. The highest BCUT2D eigenvalue weighted by molar-refractivity contribution is 7.92. The molecule has 3 aromatic carbocycles. The van der Waals surface area contributed by atoms with E-state index in [1.807, 2.05) is 13.8 Å². The van der Waals surface area contributed by atoms with Crippen LogP contribution in [-0.4, -0.2) is 50.4 Å². The zero-order chi connectivity index (χ0) is 31.0. The van der Waals surface area contributed by atoms with E-state index in [1.54, 1.807) is 55.5 Å². The lowest BCUT2D eigenvalue weighted by Crippen LogP contribution is -2.53. The van der Waals surface area contributed by atoms with Crippen molar-refractivity contribution >= 4 is 27.5 Å². The fourth-order valence-corrected chi connectivity index (χ4v) is 6.59. The standard InChI is InChI=1S/C33H40FN3O5S/c1-4-42-30-18-16-29(17-19-30)37(43(40,41)31-20-10-24(2)11-21-31)23-32(38)36(22-26-12-14-27(34)15-13-26)25(3)33(39)35-28-8-6-5-7-9-28/h10-21,25,28H,4-9,22-23H2,1-3H3,(H,35,39). The van der Waals surface area contributed by atoms with Gasteiger partial charge in [0.1, 0.15) is 24.2 Å². The Kier molecular flexibility index (Phi) is 10.8. The fraction of sp³-hybridized carbons (Fsp3) is 0.394. The van der Waals surface area contributed by atoms with Gasteiger partial charge in [-0.15, -0.1) is 0 Å². The normalized spacial score (nSPS) is 14.5. The van der Waals surface area contributed by atoms with E-state index >= 15 is 0 Å². The van der Waals surface area contributed by atoms with E-state index in [2.05, 4.69) is 5.32 Å². The van der Waals surface area contributed by atoms with E-state index in [-0.39, 0.29) is 29.1 Å². The second-order valence-corrected chi connectivity index (χ2v) is 12.8. The lowest BCUT2D eigenvalue weighted by molar-refractivity contribution is -0.139. The van der Waals surface area contributed by atoms with Gasteiger partial charge < -0.3 is 15.0 Å². The maximum atomic E-state index is 14.1. The molecule has 0 spiro atoms. The van der Waals surface area contributed by atoms with Gasteiger partial charge in [0.15, 0.2) is 0 Å². The van der Waals surface area contributed by atoms with Crippen LogP contribution in [0.2, 0.25) is 0 Å². The van der Waals surface area contributed by atoms with Gasteiger partial charge in [-0.1, -0.05) is 49.1 Å². The van der Waals surface area contributed by atoms with Crippen LogP contribution in [0.15, 0.2) is 77.7 Å². The highest BCUT2D eigenvalue weighted by Gasteiger charge is 2.33. The summed E-state index contributed by atoms with van der Waals surface area (Å²) in [7, 11) is -4.18. The van der Waals surface area contributed by atoms with Crippen molar-refractivity contribution in [3.8, 4) is 5.75 Å². The van der Waals surface area contributed by atoms with Gasteiger partial charge in [0.25, 0.3) is 10.0 Å². The molecular formula is C33H40FN3O5S. The third-order valence-electron chi connectivity index (χ3n) is 7.71. The molecule has 1 unspecified atom stereocenters. The van der Waals surface area contributed by atoms with Crippen LogP contribution in [0.4, 0.5) is 10.1 Å². The van der Waals surface area contributed by atoms with E-state index < -0.39 is 34.3 Å². The topological polar surface area (TPSA) is 96.0 Å². The molecule has 230 valence electrons. The molecule has 8 nitrogen and oxygen atoms in total. The largest absolute Gasteiger partial charge is 0.494 e. The summed E-state index contributed by atoms with van der Waals surface area (Å²) in [4.78, 5) is 28.9. The van der Waals surface area contributed by atoms with E-state index in [4.69, 9.17) is 4.74 Å². The minimum Gasteiger partial charge on any atom is -0.494 e. The predicted octanol–water partition coefficient (Wildman–Crippen LogP) is 5.59. The molecule has 10 heteroatoms. The van der Waals surface area contributed by atoms with Gasteiger partial charge >= 0.3 is 0 Å². The molecule has 1 fully saturated rings. The molecule has 4 rings (SSSR count). The number of amides is 2. The molecule has 43 heavy (non-hydrogen) atoms. The predicted molar refractivity (Wildman–Crippen MR) is 165 cm³/mol. The van der Waals surface area contributed by atoms with Crippen molar-refractivity contribution in [3.05, 3.63) is 89.7 Å². The number of hydrogen-bond acceptors (Lipinski definition) is 5. The molecule has 0 saturated heterocycles. The first-order valence-corrected chi connectivity index (χ1v) is 16.2. The Morgan fingerprint density at radius 1 is 0.953 bits per heavy atom. The number of halogens is 1. The smallest absolute Gasteiger partial charge is 0.264 e. The van der Waals surface area contributed by atoms with Crippen LogP contribution in [0.1, 0.15) is 57.1 Å². The van der Waals surface area contributed by atoms with Crippen LogP contribution in [0, 0.1) is 12.7 Å². The van der Waals surface area contributed by atoms with Gasteiger partial charge in [0.2, 0.25) is 11.8 Å². The average molecular weight is 610 g/mol. The summed E-state index contributed by atoms with van der Waals surface area (Å²) >= 11 is 0. The zero-order valence-corrected chi connectivity index (χ0v) is 25.8. The molecule has 1 aliphatic rings. The van der Waals surface area contributed by atoms with Crippen molar-refractivity contribution in [2.24, 2.45) is 0 Å². The first kappa shape index (κ1) is 32.0. The van der Waals surface area contributed by atoms with Crippen LogP contribution in [0.3, 0.4) is 0 Å². The van der Waals surface area contributed by atoms with E-state index in [9.17, 15) is 22.4 Å². The number of aryl methyl sites for hydroxylation is 1. The summed E-state index contributed by atoms with van der Waals surface area (Å²) in [5, 5.41) is 3.07. The van der Waals surface area contributed by atoms with E-state index in [0.29, 0.717) is 17.9 Å². The molecule has 3 aromatic rings. The van der Waals surface area contributed by atoms with Gasteiger partial charge in [-0.05, 0) is 87.7 Å². The minimum absolute atomic E-state index is 0.0000633. The SMILES string of the molecule is CCOc1ccc(N(CC(=O)N(Cc2ccc(F)cc2)C(C)C(=O)NC2CCCCC2)S(=O)(=O)c2ccc(C)cc2)cc1. The molecule has 0 aliphatic heterocycles. The van der Waals surface area contributed by atoms with Gasteiger partial charge in [0.05, 0.1) is 17.2 Å². The molecule has 0 aromatic heterocycles. The number of ether oxygens (including phenoxy) is 1. The van der Waals surface area contributed by atoms with E-state index in [0.717, 1.165) is 42.0 Å². The number of sulfonamides is 1. The molecule has 1 N–H and O–H groups in total. The van der Waals surface area contributed by atoms with Crippen molar-refractivity contribution in [2.75, 3.05) is 17.5 Å². The summed E-state index contributed by atoms with van der Waals surface area (Å²) in [5.74, 6) is -0.733. The summed E-state index contributed by atoms with van der Waals surface area (Å²) in [6.45, 7) is 5.24. The van der Waals surface area contributed by atoms with Gasteiger partial charge in [-0.3, -0.25) is 13.9 Å². The highest BCUT2D eigenvalue weighted by Crippen LogP contribution is 2.27. The highest BCUT2D eigenvalue weighted by atomic mass is 32.2. The Morgan fingerprint density at radius 2 is 1.58 bits per heavy atom. The second kappa shape index (κ2) is 14.5. The Morgan fingerprint density at radius 3 is 2.19 bits per heavy atom. The van der Waals surface area contributed by atoms with Crippen LogP contribution in [0.25, 0.3) is 0 Å². The molecule has 0 radical (unpaired) electrons. The lowest BCUT2D eigenvalue weighted by Gasteiger charge is -2.33. The van der Waals surface area contributed by atoms with Crippen molar-refractivity contribution < 1.29 is 27.1 Å². The zero-order valence-electron chi connectivity index (χ0n) is 25.0. The molecule has 0 bridgehead atoms. The van der Waals surface area contributed by atoms with Crippen LogP contribution in [0.5, 0.6) is 5.75 Å². The van der Waals surface area contributed by atoms with Crippen molar-refractivity contribution in [1.29, 1.82) is 0 Å². The maximum absolute atomic E-state index is 14.1. The number of carbonyl (C=O) groups is 2. The second-order valence-electron chi connectivity index (χ2n) is 10.9. The third-order valence-corrected chi connectivity index (χ3v) is 9.50. The number of rotatable bonds is 12. The van der Waals surface area contributed by atoms with Gasteiger partial charge in [0, 0.05) is 12.6 Å². The number of hydrogen-bond donors (Lipinski definition) is 1. The maximum Gasteiger partial charge on any atom is 0.264 e. The monoisotopic (exact) mass is 609 g/mol. The Bertz CT molecular complexity index is 1470. The molecular weight excluding hydrogens is 569 g/mol. The number of carbonyl (C=O) groups excluding carboxylic acids is 2. The molecule has 0 heterocycles. The number of nitrogens with zero attached hydrogens (tertiary/aromatic N) is 2. The van der Waals surface area contributed by atoms with E-state index in [1.165, 1.54) is 29.2 Å². The number of anilines is 1. The van der Waals surface area contributed by atoms with Crippen LogP contribution >= 0.6 is 0 Å². The molecule has 2 amide bonds. The van der Waals surface area contributed by atoms with Crippen molar-refractivity contribution in [1.82, 2.24) is 10.2 Å². The summed E-state index contributed by atoms with van der Waals surface area (Å²) in [5.41, 5.74) is 1.78. The van der Waals surface area contributed by atoms with Crippen molar-refractivity contribution in [3.63, 3.8) is 0 Å². The number of nitrogens with one attached hydrogen (secondary N) is 1. The summed E-state index contributed by atoms with van der Waals surface area (Å²) < 4.78 is 48.2. The average Bonchev–Trinajstić information content (AvgIpc) is 3.00. The molecule has 1 aliphatic carbocycles. The Hall–Kier alpha value is -3.92. The molecule has 1 saturated carbocycles. The van der Waals surface area contributed by atoms with Gasteiger partial charge in [-0.2, -0.15) is 0 Å². The quantitative estimate of drug-likeness (QED) is 0.289.